The molecule has 82 valence electrons. The Balaban J connectivity index is 2.74. The minimum Gasteiger partial charge on any atom is -0.478 e. The van der Waals surface area contributed by atoms with Gasteiger partial charge in [-0.1, -0.05) is 0 Å². The number of benzene rings is 1. The first-order valence-electron chi connectivity index (χ1n) is 4.29. The fourth-order valence-corrected chi connectivity index (χ4v) is 3.02. The van der Waals surface area contributed by atoms with E-state index in [0.29, 0.717) is 10.0 Å². The van der Waals surface area contributed by atoms with Crippen LogP contribution in [-0.2, 0) is 0 Å². The van der Waals surface area contributed by atoms with Crippen LogP contribution in [-0.4, -0.2) is 28.8 Å². The van der Waals surface area contributed by atoms with Crippen molar-refractivity contribution in [2.24, 2.45) is 0 Å². The highest BCUT2D eigenvalue weighted by Gasteiger charge is 2.08. The highest BCUT2D eigenvalue weighted by atomic mass is 79.9. The predicted octanol–water partition coefficient (Wildman–Crippen LogP) is 3.60. The summed E-state index contributed by atoms with van der Waals surface area (Å²) in [5.74, 6) is 1.18. The molecule has 0 aromatic heterocycles. The van der Waals surface area contributed by atoms with Crippen LogP contribution < -0.4 is 0 Å². The fourth-order valence-electron chi connectivity index (χ4n) is 1.00. The molecule has 0 radical (unpaired) electrons. The van der Waals surface area contributed by atoms with Gasteiger partial charge in [0.1, 0.15) is 0 Å². The summed E-state index contributed by atoms with van der Waals surface area (Å²) in [6, 6.07) is 5.42. The normalized spacial score (nSPS) is 10.3. The first kappa shape index (κ1) is 12.9. The Labute approximate surface area is 106 Å². The van der Waals surface area contributed by atoms with Crippen LogP contribution in [0.4, 0.5) is 0 Å². The Hall–Kier alpha value is -0.130. The zero-order valence-electron chi connectivity index (χ0n) is 8.20. The highest BCUT2D eigenvalue weighted by molar-refractivity contribution is 9.10. The van der Waals surface area contributed by atoms with Crippen LogP contribution in [0.15, 0.2) is 27.6 Å². The summed E-state index contributed by atoms with van der Waals surface area (Å²) in [6.45, 7) is 0. The van der Waals surface area contributed by atoms with Gasteiger partial charge in [-0.05, 0) is 40.4 Å². The van der Waals surface area contributed by atoms with Crippen LogP contribution in [0.3, 0.4) is 0 Å². The molecule has 0 fully saturated rings. The molecular weight excluding hydrogens is 296 g/mol. The maximum absolute atomic E-state index is 10.9. The van der Waals surface area contributed by atoms with E-state index >= 15 is 0 Å². The minimum absolute atomic E-state index is 0.323. The number of aromatic carboxylic acids is 1. The van der Waals surface area contributed by atoms with Crippen LogP contribution in [0.1, 0.15) is 10.4 Å². The van der Waals surface area contributed by atoms with Crippen molar-refractivity contribution in [3.63, 3.8) is 0 Å². The maximum atomic E-state index is 10.9. The second kappa shape index (κ2) is 6.45. The molecule has 0 spiro atoms. The van der Waals surface area contributed by atoms with Crippen molar-refractivity contribution in [1.82, 2.24) is 0 Å². The molecule has 0 aliphatic rings. The van der Waals surface area contributed by atoms with Crippen molar-refractivity contribution in [2.75, 3.05) is 17.8 Å². The van der Waals surface area contributed by atoms with E-state index in [-0.39, 0.29) is 0 Å². The zero-order chi connectivity index (χ0) is 11.3. The summed E-state index contributed by atoms with van der Waals surface area (Å²) in [4.78, 5) is 11.9. The fraction of sp³-hybridized carbons (Fsp3) is 0.300. The van der Waals surface area contributed by atoms with E-state index in [1.165, 1.54) is 0 Å². The first-order chi connectivity index (χ1) is 7.15. The van der Waals surface area contributed by atoms with Gasteiger partial charge in [-0.2, -0.15) is 11.8 Å². The molecule has 5 heteroatoms. The van der Waals surface area contributed by atoms with Crippen LogP contribution >= 0.6 is 39.5 Å². The summed E-state index contributed by atoms with van der Waals surface area (Å²) in [7, 11) is 0. The van der Waals surface area contributed by atoms with Gasteiger partial charge < -0.3 is 5.11 Å². The minimum atomic E-state index is -0.894. The molecule has 1 aromatic carbocycles. The van der Waals surface area contributed by atoms with E-state index in [0.717, 1.165) is 16.4 Å². The number of halogens is 1. The number of carbonyl (C=O) groups is 1. The lowest BCUT2D eigenvalue weighted by molar-refractivity contribution is 0.0695. The maximum Gasteiger partial charge on any atom is 0.336 e. The van der Waals surface area contributed by atoms with Crippen molar-refractivity contribution >= 4 is 45.4 Å². The van der Waals surface area contributed by atoms with Crippen molar-refractivity contribution in [3.8, 4) is 0 Å². The molecule has 0 aliphatic heterocycles. The van der Waals surface area contributed by atoms with E-state index < -0.39 is 5.97 Å². The SMILES string of the molecule is CSCCSc1ccc(Br)c(C(=O)O)c1. The van der Waals surface area contributed by atoms with Gasteiger partial charge in [0, 0.05) is 20.9 Å². The Morgan fingerprint density at radius 3 is 2.80 bits per heavy atom. The second-order valence-electron chi connectivity index (χ2n) is 2.79. The first-order valence-corrected chi connectivity index (χ1v) is 7.47. The zero-order valence-corrected chi connectivity index (χ0v) is 11.4. The summed E-state index contributed by atoms with van der Waals surface area (Å²) in [6.07, 6.45) is 2.06. The molecular formula is C10H11BrO2S2. The average Bonchev–Trinajstić information content (AvgIpc) is 2.20. The average molecular weight is 307 g/mol. The van der Waals surface area contributed by atoms with Crippen molar-refractivity contribution < 1.29 is 9.90 Å². The van der Waals surface area contributed by atoms with Crippen molar-refractivity contribution in [2.45, 2.75) is 4.90 Å². The van der Waals surface area contributed by atoms with Gasteiger partial charge >= 0.3 is 5.97 Å². The van der Waals surface area contributed by atoms with Gasteiger partial charge in [-0.3, -0.25) is 0 Å². The molecule has 0 aliphatic carbocycles. The van der Waals surface area contributed by atoms with Gasteiger partial charge in [0.05, 0.1) is 5.56 Å². The molecule has 0 unspecified atom stereocenters. The molecule has 1 N–H and O–H groups in total. The number of thioether (sulfide) groups is 2. The highest BCUT2D eigenvalue weighted by Crippen LogP contribution is 2.25. The van der Waals surface area contributed by atoms with Crippen LogP contribution in [0.2, 0.25) is 0 Å². The Morgan fingerprint density at radius 1 is 1.47 bits per heavy atom. The van der Waals surface area contributed by atoms with Crippen LogP contribution in [0.5, 0.6) is 0 Å². The smallest absolute Gasteiger partial charge is 0.336 e. The van der Waals surface area contributed by atoms with Gasteiger partial charge in [-0.25, -0.2) is 4.79 Å². The number of hydrogen-bond donors (Lipinski definition) is 1. The van der Waals surface area contributed by atoms with E-state index in [2.05, 4.69) is 22.2 Å². The monoisotopic (exact) mass is 306 g/mol. The van der Waals surface area contributed by atoms with Gasteiger partial charge in [0.25, 0.3) is 0 Å². The van der Waals surface area contributed by atoms with Crippen LogP contribution in [0.25, 0.3) is 0 Å². The van der Waals surface area contributed by atoms with Crippen LogP contribution in [0, 0.1) is 0 Å². The lowest BCUT2D eigenvalue weighted by atomic mass is 10.2. The summed E-state index contributed by atoms with van der Waals surface area (Å²) in [5.41, 5.74) is 0.323. The molecule has 0 saturated carbocycles. The third-order valence-electron chi connectivity index (χ3n) is 1.72. The molecule has 0 bridgehead atoms. The molecule has 0 saturated heterocycles. The van der Waals surface area contributed by atoms with Gasteiger partial charge in [0.15, 0.2) is 0 Å². The molecule has 1 aromatic rings. The summed E-state index contributed by atoms with van der Waals surface area (Å²) < 4.78 is 0.629. The van der Waals surface area contributed by atoms with Crippen molar-refractivity contribution in [1.29, 1.82) is 0 Å². The Bertz CT molecular complexity index is 355. The Morgan fingerprint density at radius 2 is 2.20 bits per heavy atom. The second-order valence-corrected chi connectivity index (χ2v) is 5.80. The van der Waals surface area contributed by atoms with E-state index in [9.17, 15) is 4.79 Å². The number of carboxylic acids is 1. The topological polar surface area (TPSA) is 37.3 Å². The third kappa shape index (κ3) is 4.09. The van der Waals surface area contributed by atoms with E-state index in [1.54, 1.807) is 35.7 Å². The number of rotatable bonds is 5. The third-order valence-corrected chi connectivity index (χ3v) is 4.28. The molecule has 0 amide bonds. The standard InChI is InChI=1S/C10H11BrO2S2/c1-14-4-5-15-7-2-3-9(11)8(6-7)10(12)13/h2-3,6H,4-5H2,1H3,(H,12,13). The van der Waals surface area contributed by atoms with Crippen molar-refractivity contribution in [3.05, 3.63) is 28.2 Å². The molecule has 1 rings (SSSR count). The van der Waals surface area contributed by atoms with Gasteiger partial charge in [-0.15, -0.1) is 11.8 Å². The molecule has 0 heterocycles. The predicted molar refractivity (Wildman–Crippen MR) is 70.2 cm³/mol. The van der Waals surface area contributed by atoms with E-state index in [1.807, 2.05) is 6.07 Å². The number of carboxylic acid groups (broad SMARTS) is 1. The lowest BCUT2D eigenvalue weighted by Gasteiger charge is -2.03. The lowest BCUT2D eigenvalue weighted by Crippen LogP contribution is -1.97. The molecule has 2 nitrogen and oxygen atoms in total. The number of hydrogen-bond acceptors (Lipinski definition) is 3. The Kier molecular flexibility index (Phi) is 5.56. The quantitative estimate of drug-likeness (QED) is 0.666. The van der Waals surface area contributed by atoms with Gasteiger partial charge in [0.2, 0.25) is 0 Å². The summed E-state index contributed by atoms with van der Waals surface area (Å²) >= 11 is 6.69. The largest absolute Gasteiger partial charge is 0.478 e. The van der Waals surface area contributed by atoms with E-state index in [4.69, 9.17) is 5.11 Å². The molecule has 0 atom stereocenters. The summed E-state index contributed by atoms with van der Waals surface area (Å²) in [5, 5.41) is 8.92. The molecule has 15 heavy (non-hydrogen) atoms.